The molecule has 4 aromatic rings. The van der Waals surface area contributed by atoms with Crippen LogP contribution >= 0.6 is 23.4 Å². The minimum Gasteiger partial charge on any atom is -0.355 e. The van der Waals surface area contributed by atoms with Crippen LogP contribution in [0.2, 0.25) is 5.02 Å². The van der Waals surface area contributed by atoms with Crippen molar-refractivity contribution in [3.8, 4) is 0 Å². The van der Waals surface area contributed by atoms with Crippen molar-refractivity contribution in [1.82, 2.24) is 30.0 Å². The number of unbranched alkanes of at least 4 members (excludes halogenated alkanes) is 1. The van der Waals surface area contributed by atoms with Gasteiger partial charge in [0.25, 0.3) is 0 Å². The van der Waals surface area contributed by atoms with Gasteiger partial charge in [0.15, 0.2) is 5.65 Å². The number of carbonyl (C=O) groups is 1. The normalized spacial score (nSPS) is 14.4. The summed E-state index contributed by atoms with van der Waals surface area (Å²) in [4.78, 5) is 19.5. The fourth-order valence-corrected chi connectivity index (χ4v) is 5.90. The minimum absolute atomic E-state index is 0.145. The van der Waals surface area contributed by atoms with Crippen LogP contribution in [0, 0.1) is 0 Å². The highest BCUT2D eigenvalue weighted by Crippen LogP contribution is 2.28. The van der Waals surface area contributed by atoms with Crippen molar-refractivity contribution in [3.05, 3.63) is 59.1 Å². The third-order valence-corrected chi connectivity index (χ3v) is 7.97. The van der Waals surface area contributed by atoms with Gasteiger partial charge in [0.05, 0.1) is 5.52 Å². The second-order valence-corrected chi connectivity index (χ2v) is 11.1. The van der Waals surface area contributed by atoms with Crippen molar-refractivity contribution in [3.63, 3.8) is 0 Å². The van der Waals surface area contributed by atoms with E-state index in [0.717, 1.165) is 77.4 Å². The van der Waals surface area contributed by atoms with Gasteiger partial charge in [-0.1, -0.05) is 60.1 Å². The molecule has 0 atom stereocenters. The van der Waals surface area contributed by atoms with Crippen molar-refractivity contribution < 1.29 is 4.79 Å². The van der Waals surface area contributed by atoms with Crippen LogP contribution in [0.15, 0.2) is 53.7 Å². The number of carbonyl (C=O) groups excluding carboxylic acids is 1. The number of likely N-dealkylation sites (tertiary alicyclic amines) is 1. The molecular weight excluding hydrogens is 504 g/mol. The fourth-order valence-electron chi connectivity index (χ4n) is 4.90. The highest BCUT2D eigenvalue weighted by molar-refractivity contribution is 7.99. The van der Waals surface area contributed by atoms with Gasteiger partial charge in [0.1, 0.15) is 5.52 Å². The highest BCUT2D eigenvalue weighted by atomic mass is 35.5. The number of hydrogen-bond donors (Lipinski definition) is 1. The quantitative estimate of drug-likeness (QED) is 0.200. The molecule has 1 fully saturated rings. The Morgan fingerprint density at radius 3 is 2.76 bits per heavy atom. The minimum atomic E-state index is 0.145. The molecule has 5 rings (SSSR count). The Hall–Kier alpha value is -2.68. The van der Waals surface area contributed by atoms with Crippen LogP contribution in [-0.2, 0) is 11.3 Å². The van der Waals surface area contributed by atoms with Gasteiger partial charge in [0, 0.05) is 42.2 Å². The first-order valence-corrected chi connectivity index (χ1v) is 14.5. The van der Waals surface area contributed by atoms with E-state index in [4.69, 9.17) is 16.6 Å². The second kappa shape index (κ2) is 12.7. The van der Waals surface area contributed by atoms with E-state index >= 15 is 0 Å². The molecule has 1 aliphatic rings. The summed E-state index contributed by atoms with van der Waals surface area (Å²) in [5.41, 5.74) is 3.82. The molecule has 7 nitrogen and oxygen atoms in total. The van der Waals surface area contributed by atoms with Crippen LogP contribution in [-0.4, -0.2) is 62.5 Å². The summed E-state index contributed by atoms with van der Waals surface area (Å²) in [7, 11) is 0. The predicted octanol–water partition coefficient (Wildman–Crippen LogP) is 5.55. The Bertz CT molecular complexity index is 1350. The summed E-state index contributed by atoms with van der Waals surface area (Å²) in [6.45, 7) is 4.69. The number of aromatic nitrogens is 4. The third kappa shape index (κ3) is 6.80. The number of thioether (sulfide) groups is 1. The molecule has 0 radical (unpaired) electrons. The summed E-state index contributed by atoms with van der Waals surface area (Å²) in [6.07, 6.45) is 6.24. The number of halogens is 1. The van der Waals surface area contributed by atoms with Crippen LogP contribution in [0.5, 0.6) is 0 Å². The van der Waals surface area contributed by atoms with E-state index < -0.39 is 0 Å². The van der Waals surface area contributed by atoms with Gasteiger partial charge in [-0.2, -0.15) is 0 Å². The zero-order chi connectivity index (χ0) is 25.5. The van der Waals surface area contributed by atoms with Gasteiger partial charge in [-0.05, 0) is 62.5 Å². The van der Waals surface area contributed by atoms with Crippen molar-refractivity contribution in [2.24, 2.45) is 0 Å². The lowest BCUT2D eigenvalue weighted by Gasteiger charge is -2.26. The highest BCUT2D eigenvalue weighted by Gasteiger charge is 2.15. The van der Waals surface area contributed by atoms with Gasteiger partial charge in [-0.25, -0.2) is 4.98 Å². The van der Waals surface area contributed by atoms with E-state index in [1.54, 1.807) is 11.8 Å². The van der Waals surface area contributed by atoms with Gasteiger partial charge >= 0.3 is 0 Å². The topological polar surface area (TPSA) is 75.9 Å². The largest absolute Gasteiger partial charge is 0.355 e. The molecule has 1 N–H and O–H groups in total. The molecule has 2 aromatic heterocycles. The summed E-state index contributed by atoms with van der Waals surface area (Å²) in [6, 6.07) is 16.1. The summed E-state index contributed by atoms with van der Waals surface area (Å²) < 4.78 is 2.18. The predicted molar refractivity (Wildman–Crippen MR) is 151 cm³/mol. The van der Waals surface area contributed by atoms with Crippen molar-refractivity contribution >= 4 is 51.3 Å². The Balaban J connectivity index is 1.15. The number of nitrogens with one attached hydrogen (secondary N) is 1. The van der Waals surface area contributed by atoms with Crippen LogP contribution in [0.4, 0.5) is 0 Å². The zero-order valence-electron chi connectivity index (χ0n) is 21.0. The number of fused-ring (bicyclic) bond motifs is 3. The maximum absolute atomic E-state index is 12.2. The van der Waals surface area contributed by atoms with Crippen LogP contribution in [0.3, 0.4) is 0 Å². The standard InChI is InChI=1S/C28H33ClN6OS/c29-22-10-8-9-21(19-22)20-35-24-12-3-2-11-23(24)26-27(35)31-28(33-32-26)37-18-7-4-13-25(36)30-14-17-34-15-5-1-6-16-34/h2-3,8-12,19H,1,4-7,13-18,20H2,(H,30,36). The van der Waals surface area contributed by atoms with E-state index in [-0.39, 0.29) is 5.91 Å². The van der Waals surface area contributed by atoms with Gasteiger partial charge in [0.2, 0.25) is 11.1 Å². The number of hydrogen-bond acceptors (Lipinski definition) is 6. The number of nitrogens with zero attached hydrogens (tertiary/aromatic N) is 5. The number of amides is 1. The SMILES string of the molecule is O=C(CCCCSc1nnc2c3ccccc3n(Cc3cccc(Cl)c3)c2n1)NCCN1CCCCC1. The number of rotatable bonds is 11. The molecule has 0 bridgehead atoms. The van der Waals surface area contributed by atoms with E-state index in [2.05, 4.69) is 43.2 Å². The molecule has 2 aromatic carbocycles. The van der Waals surface area contributed by atoms with E-state index in [0.29, 0.717) is 18.1 Å². The number of benzene rings is 2. The molecule has 0 saturated carbocycles. The lowest BCUT2D eigenvalue weighted by molar-refractivity contribution is -0.121. The van der Waals surface area contributed by atoms with Crippen LogP contribution < -0.4 is 5.32 Å². The Kier molecular flexibility index (Phi) is 8.92. The molecule has 1 saturated heterocycles. The van der Waals surface area contributed by atoms with Gasteiger partial charge in [-0.15, -0.1) is 10.2 Å². The Labute approximate surface area is 227 Å². The monoisotopic (exact) mass is 536 g/mol. The molecule has 0 aliphatic carbocycles. The lowest BCUT2D eigenvalue weighted by Crippen LogP contribution is -2.37. The molecule has 1 aliphatic heterocycles. The van der Waals surface area contributed by atoms with Gasteiger partial charge < -0.3 is 14.8 Å². The Morgan fingerprint density at radius 1 is 1.03 bits per heavy atom. The van der Waals surface area contributed by atoms with Crippen LogP contribution in [0.25, 0.3) is 22.1 Å². The average Bonchev–Trinajstić information content (AvgIpc) is 3.22. The summed E-state index contributed by atoms with van der Waals surface area (Å²) >= 11 is 7.82. The lowest BCUT2D eigenvalue weighted by atomic mass is 10.1. The average molecular weight is 537 g/mol. The molecule has 0 unspecified atom stereocenters. The molecule has 0 spiro atoms. The van der Waals surface area contributed by atoms with Crippen LogP contribution in [0.1, 0.15) is 44.1 Å². The van der Waals surface area contributed by atoms with E-state index in [1.165, 1.54) is 19.3 Å². The number of piperidine rings is 1. The van der Waals surface area contributed by atoms with Crippen molar-refractivity contribution in [2.75, 3.05) is 31.9 Å². The first kappa shape index (κ1) is 25.9. The summed E-state index contributed by atoms with van der Waals surface area (Å²) in [5, 5.41) is 14.4. The zero-order valence-corrected chi connectivity index (χ0v) is 22.6. The molecule has 9 heteroatoms. The van der Waals surface area contributed by atoms with E-state index in [1.807, 2.05) is 30.3 Å². The first-order valence-electron chi connectivity index (χ1n) is 13.2. The Morgan fingerprint density at radius 2 is 1.89 bits per heavy atom. The summed E-state index contributed by atoms with van der Waals surface area (Å²) in [5.74, 6) is 0.995. The fraction of sp³-hybridized carbons (Fsp3) is 0.429. The molecule has 194 valence electrons. The number of para-hydroxylation sites is 1. The smallest absolute Gasteiger partial charge is 0.220 e. The van der Waals surface area contributed by atoms with Crippen molar-refractivity contribution in [2.45, 2.75) is 50.2 Å². The van der Waals surface area contributed by atoms with E-state index in [9.17, 15) is 4.79 Å². The maximum atomic E-state index is 12.2. The van der Waals surface area contributed by atoms with Crippen molar-refractivity contribution in [1.29, 1.82) is 0 Å². The molecular formula is C28H33ClN6OS. The molecule has 1 amide bonds. The maximum Gasteiger partial charge on any atom is 0.220 e. The first-order chi connectivity index (χ1) is 18.2. The second-order valence-electron chi connectivity index (χ2n) is 9.56. The molecule has 37 heavy (non-hydrogen) atoms. The van der Waals surface area contributed by atoms with Gasteiger partial charge in [-0.3, -0.25) is 4.79 Å². The third-order valence-electron chi connectivity index (χ3n) is 6.81. The molecule has 3 heterocycles.